The number of rotatable bonds is 3. The van der Waals surface area contributed by atoms with Crippen LogP contribution in [-0.4, -0.2) is 34.7 Å². The average molecular weight is 391 g/mol. The molecule has 0 fully saturated rings. The van der Waals surface area contributed by atoms with E-state index in [0.717, 1.165) is 55.7 Å². The lowest BCUT2D eigenvalue weighted by atomic mass is 10.0. The number of aromatic nitrogens is 7. The number of benzene rings is 1. The minimum absolute atomic E-state index is 0.875. The summed E-state index contributed by atoms with van der Waals surface area (Å²) >= 11 is 0. The number of nitrogens with one attached hydrogen (secondary N) is 2. The van der Waals surface area contributed by atoms with E-state index >= 15 is 0 Å². The Morgan fingerprint density at radius 1 is 0.900 bits per heavy atom. The van der Waals surface area contributed by atoms with Crippen molar-refractivity contribution < 1.29 is 0 Å². The molecular formula is C23H17N7. The zero-order chi connectivity index (χ0) is 20.1. The van der Waals surface area contributed by atoms with Gasteiger partial charge >= 0.3 is 0 Å². The minimum Gasteiger partial charge on any atom is -0.352 e. The number of aromatic amines is 2. The standard InChI is InChI=1S/C23H17N7/c1-14-12-30(13-26-14)22-11-25-10-21-17(22)8-20(27-21)23-18-7-15(4-5-19(18)28-29-23)16-3-2-6-24-9-16/h2-13,27H,1H3,(H,28,29). The SMILES string of the molecule is Cc1cn(-c2cncc3[nH]c(-c4n[nH]c5ccc(-c6cccnc6)cc45)cc23)cn1. The molecule has 7 heteroatoms. The summed E-state index contributed by atoms with van der Waals surface area (Å²) in [5.74, 6) is 0. The molecule has 5 aromatic heterocycles. The molecule has 1 aromatic carbocycles. The van der Waals surface area contributed by atoms with Crippen molar-refractivity contribution in [2.24, 2.45) is 0 Å². The molecule has 7 nitrogen and oxygen atoms in total. The van der Waals surface area contributed by atoms with Crippen molar-refractivity contribution in [3.05, 3.63) is 79.4 Å². The third-order valence-corrected chi connectivity index (χ3v) is 5.33. The third-order valence-electron chi connectivity index (χ3n) is 5.33. The summed E-state index contributed by atoms with van der Waals surface area (Å²) in [5, 5.41) is 9.85. The molecule has 0 radical (unpaired) electrons. The van der Waals surface area contributed by atoms with Gasteiger partial charge in [-0.05, 0) is 36.8 Å². The van der Waals surface area contributed by atoms with E-state index in [1.165, 1.54) is 0 Å². The first-order chi connectivity index (χ1) is 14.8. The predicted molar refractivity (Wildman–Crippen MR) is 116 cm³/mol. The van der Waals surface area contributed by atoms with Crippen LogP contribution in [-0.2, 0) is 0 Å². The molecule has 2 N–H and O–H groups in total. The van der Waals surface area contributed by atoms with Gasteiger partial charge in [0, 0.05) is 34.9 Å². The van der Waals surface area contributed by atoms with Crippen LogP contribution in [0.2, 0.25) is 0 Å². The highest BCUT2D eigenvalue weighted by Crippen LogP contribution is 2.33. The number of nitrogens with zero attached hydrogens (tertiary/aromatic N) is 5. The van der Waals surface area contributed by atoms with Crippen molar-refractivity contribution in [3.8, 4) is 28.2 Å². The van der Waals surface area contributed by atoms with Gasteiger partial charge in [0.2, 0.25) is 0 Å². The maximum absolute atomic E-state index is 4.59. The molecule has 6 rings (SSSR count). The molecule has 0 aliphatic heterocycles. The van der Waals surface area contributed by atoms with Gasteiger partial charge < -0.3 is 9.55 Å². The lowest BCUT2D eigenvalue weighted by Crippen LogP contribution is -1.91. The molecule has 5 heterocycles. The number of H-pyrrole nitrogens is 2. The molecule has 30 heavy (non-hydrogen) atoms. The summed E-state index contributed by atoms with van der Waals surface area (Å²) in [6.45, 7) is 1.97. The quantitative estimate of drug-likeness (QED) is 0.459. The van der Waals surface area contributed by atoms with Gasteiger partial charge in [0.25, 0.3) is 0 Å². The first-order valence-electron chi connectivity index (χ1n) is 9.63. The molecule has 0 bridgehead atoms. The lowest BCUT2D eigenvalue weighted by molar-refractivity contribution is 1.05. The number of imidazole rings is 1. The van der Waals surface area contributed by atoms with Crippen molar-refractivity contribution in [3.63, 3.8) is 0 Å². The smallest absolute Gasteiger partial charge is 0.116 e. The Bertz CT molecular complexity index is 1510. The van der Waals surface area contributed by atoms with E-state index in [-0.39, 0.29) is 0 Å². The Labute approximate surface area is 171 Å². The van der Waals surface area contributed by atoms with E-state index < -0.39 is 0 Å². The highest BCUT2D eigenvalue weighted by Gasteiger charge is 2.14. The Morgan fingerprint density at radius 3 is 2.70 bits per heavy atom. The van der Waals surface area contributed by atoms with Gasteiger partial charge in [-0.2, -0.15) is 5.10 Å². The van der Waals surface area contributed by atoms with E-state index in [1.54, 1.807) is 6.20 Å². The first kappa shape index (κ1) is 16.7. The second-order valence-corrected chi connectivity index (χ2v) is 7.30. The summed E-state index contributed by atoms with van der Waals surface area (Å²) in [7, 11) is 0. The van der Waals surface area contributed by atoms with Crippen molar-refractivity contribution in [1.29, 1.82) is 0 Å². The second kappa shape index (κ2) is 6.38. The highest BCUT2D eigenvalue weighted by atomic mass is 15.1. The van der Waals surface area contributed by atoms with Gasteiger partial charge in [-0.1, -0.05) is 12.1 Å². The molecule has 0 atom stereocenters. The fourth-order valence-corrected chi connectivity index (χ4v) is 3.85. The maximum atomic E-state index is 4.59. The summed E-state index contributed by atoms with van der Waals surface area (Å²) in [5.41, 5.74) is 7.87. The normalized spacial score (nSPS) is 11.5. The fourth-order valence-electron chi connectivity index (χ4n) is 3.85. The number of hydrogen-bond acceptors (Lipinski definition) is 4. The van der Waals surface area contributed by atoms with Crippen molar-refractivity contribution in [1.82, 2.24) is 34.7 Å². The Hall–Kier alpha value is -4.26. The van der Waals surface area contributed by atoms with Crippen LogP contribution in [0.1, 0.15) is 5.69 Å². The van der Waals surface area contributed by atoms with E-state index in [9.17, 15) is 0 Å². The summed E-state index contributed by atoms with van der Waals surface area (Å²) in [6, 6.07) is 12.4. The van der Waals surface area contributed by atoms with Crippen LogP contribution in [0, 0.1) is 6.92 Å². The number of pyridine rings is 2. The summed E-state index contributed by atoms with van der Waals surface area (Å²) in [4.78, 5) is 16.4. The largest absolute Gasteiger partial charge is 0.352 e. The monoisotopic (exact) mass is 391 g/mol. The number of fused-ring (bicyclic) bond motifs is 2. The molecule has 0 unspecified atom stereocenters. The van der Waals surface area contributed by atoms with Gasteiger partial charge in [-0.15, -0.1) is 0 Å². The van der Waals surface area contributed by atoms with Crippen LogP contribution in [0.5, 0.6) is 0 Å². The fraction of sp³-hybridized carbons (Fsp3) is 0.0435. The Morgan fingerprint density at radius 2 is 1.87 bits per heavy atom. The average Bonchev–Trinajstić information content (AvgIpc) is 3.51. The first-order valence-corrected chi connectivity index (χ1v) is 9.63. The minimum atomic E-state index is 0.875. The molecule has 0 spiro atoms. The Balaban J connectivity index is 1.52. The van der Waals surface area contributed by atoms with Crippen LogP contribution in [0.15, 0.2) is 73.7 Å². The van der Waals surface area contributed by atoms with Crippen LogP contribution >= 0.6 is 0 Å². The lowest BCUT2D eigenvalue weighted by Gasteiger charge is -2.02. The maximum Gasteiger partial charge on any atom is 0.116 e. The molecular weight excluding hydrogens is 374 g/mol. The van der Waals surface area contributed by atoms with Crippen molar-refractivity contribution in [2.75, 3.05) is 0 Å². The van der Waals surface area contributed by atoms with E-state index in [0.29, 0.717) is 0 Å². The summed E-state index contributed by atoms with van der Waals surface area (Å²) < 4.78 is 1.99. The zero-order valence-electron chi connectivity index (χ0n) is 16.2. The molecule has 0 aliphatic carbocycles. The van der Waals surface area contributed by atoms with Gasteiger partial charge in [-0.3, -0.25) is 15.1 Å². The van der Waals surface area contributed by atoms with Crippen LogP contribution in [0.3, 0.4) is 0 Å². The summed E-state index contributed by atoms with van der Waals surface area (Å²) in [6.07, 6.45) is 11.1. The predicted octanol–water partition coefficient (Wildman–Crippen LogP) is 4.66. The van der Waals surface area contributed by atoms with E-state index in [4.69, 9.17) is 0 Å². The molecule has 0 saturated carbocycles. The number of hydrogen-bond donors (Lipinski definition) is 2. The Kier molecular flexibility index (Phi) is 3.55. The van der Waals surface area contributed by atoms with Crippen molar-refractivity contribution >= 4 is 21.8 Å². The topological polar surface area (TPSA) is 88.1 Å². The van der Waals surface area contributed by atoms with Gasteiger partial charge in [-0.25, -0.2) is 4.98 Å². The molecule has 0 amide bonds. The molecule has 0 aliphatic rings. The van der Waals surface area contributed by atoms with Gasteiger partial charge in [0.05, 0.1) is 46.8 Å². The number of aryl methyl sites for hydroxylation is 1. The van der Waals surface area contributed by atoms with E-state index in [1.807, 2.05) is 48.7 Å². The van der Waals surface area contributed by atoms with Crippen LogP contribution in [0.25, 0.3) is 50.0 Å². The molecule has 6 aromatic rings. The zero-order valence-corrected chi connectivity index (χ0v) is 16.2. The second-order valence-electron chi connectivity index (χ2n) is 7.30. The molecule has 144 valence electrons. The van der Waals surface area contributed by atoms with Crippen LogP contribution < -0.4 is 0 Å². The van der Waals surface area contributed by atoms with Crippen LogP contribution in [0.4, 0.5) is 0 Å². The van der Waals surface area contributed by atoms with Gasteiger partial charge in [0.1, 0.15) is 5.69 Å². The van der Waals surface area contributed by atoms with E-state index in [2.05, 4.69) is 60.5 Å². The third kappa shape index (κ3) is 2.60. The van der Waals surface area contributed by atoms with Gasteiger partial charge in [0.15, 0.2) is 0 Å². The molecule has 0 saturated heterocycles. The van der Waals surface area contributed by atoms with Crippen molar-refractivity contribution in [2.45, 2.75) is 6.92 Å². The highest BCUT2D eigenvalue weighted by molar-refractivity contribution is 5.99.